The van der Waals surface area contributed by atoms with Crippen molar-refractivity contribution >= 4 is 44.9 Å². The van der Waals surface area contributed by atoms with E-state index < -0.39 is 0 Å². The summed E-state index contributed by atoms with van der Waals surface area (Å²) in [6.07, 6.45) is 0. The zero-order chi connectivity index (χ0) is 21.5. The van der Waals surface area contributed by atoms with Crippen molar-refractivity contribution in [1.82, 2.24) is 19.7 Å². The Morgan fingerprint density at radius 1 is 1.10 bits per heavy atom. The minimum atomic E-state index is -0.332. The average molecular weight is 448 g/mol. The second-order valence-corrected chi connectivity index (χ2v) is 8.38. The van der Waals surface area contributed by atoms with Gasteiger partial charge >= 0.3 is 0 Å². The van der Waals surface area contributed by atoms with E-state index in [1.807, 2.05) is 60.8 Å². The van der Waals surface area contributed by atoms with Gasteiger partial charge in [0, 0.05) is 27.5 Å². The average Bonchev–Trinajstić information content (AvgIpc) is 3.43. The molecule has 154 valence electrons. The van der Waals surface area contributed by atoms with Crippen molar-refractivity contribution in [2.75, 3.05) is 5.32 Å². The fraction of sp³-hybridized carbons (Fsp3) is 0.0870. The zero-order valence-corrected chi connectivity index (χ0v) is 18.4. The number of hydrogen-bond donors (Lipinski definition) is 2. The molecule has 0 spiro atoms. The van der Waals surface area contributed by atoms with Gasteiger partial charge in [-0.2, -0.15) is 5.10 Å². The maximum Gasteiger partial charge on any atom is 0.262 e. The van der Waals surface area contributed by atoms with Gasteiger partial charge in [-0.3, -0.25) is 10.1 Å². The second-order valence-electron chi connectivity index (χ2n) is 7.16. The van der Waals surface area contributed by atoms with E-state index in [0.29, 0.717) is 16.4 Å². The van der Waals surface area contributed by atoms with Crippen LogP contribution in [0.1, 0.15) is 21.7 Å². The number of thiazole rings is 1. The fourth-order valence-electron chi connectivity index (χ4n) is 3.71. The predicted molar refractivity (Wildman–Crippen MR) is 125 cm³/mol. The van der Waals surface area contributed by atoms with Gasteiger partial charge in [0.25, 0.3) is 5.91 Å². The van der Waals surface area contributed by atoms with Crippen molar-refractivity contribution in [3.8, 4) is 16.9 Å². The lowest BCUT2D eigenvalue weighted by atomic mass is 10.1. The zero-order valence-electron chi connectivity index (χ0n) is 16.8. The second kappa shape index (κ2) is 7.68. The Balaban J connectivity index is 1.44. The van der Waals surface area contributed by atoms with Crippen LogP contribution in [0.5, 0.6) is 0 Å². The number of nitrogens with zero attached hydrogens (tertiary/aromatic N) is 3. The van der Waals surface area contributed by atoms with Crippen LogP contribution in [0.4, 0.5) is 5.13 Å². The first-order valence-corrected chi connectivity index (χ1v) is 10.9. The molecule has 0 unspecified atom stereocenters. The third-order valence-corrected chi connectivity index (χ3v) is 6.21. The summed E-state index contributed by atoms with van der Waals surface area (Å²) in [5.74, 6) is -0.332. The van der Waals surface area contributed by atoms with Gasteiger partial charge in [-0.1, -0.05) is 48.0 Å². The molecule has 2 aromatic carbocycles. The topological polar surface area (TPSA) is 75.6 Å². The van der Waals surface area contributed by atoms with Gasteiger partial charge in [0.15, 0.2) is 5.13 Å². The summed E-state index contributed by atoms with van der Waals surface area (Å²) in [6.45, 7) is 3.79. The van der Waals surface area contributed by atoms with E-state index in [1.165, 1.54) is 11.3 Å². The summed E-state index contributed by atoms with van der Waals surface area (Å²) in [5, 5.41) is 11.1. The fourth-order valence-corrected chi connectivity index (χ4v) is 4.76. The highest BCUT2D eigenvalue weighted by atomic mass is 35.5. The van der Waals surface area contributed by atoms with E-state index >= 15 is 0 Å². The molecule has 8 heteroatoms. The molecule has 0 radical (unpaired) electrons. The Kier molecular flexibility index (Phi) is 4.84. The molecule has 1 amide bonds. The molecule has 2 N–H and O–H groups in total. The molecule has 3 aromatic heterocycles. The van der Waals surface area contributed by atoms with E-state index in [-0.39, 0.29) is 11.1 Å². The van der Waals surface area contributed by atoms with Crippen LogP contribution >= 0.6 is 22.9 Å². The van der Waals surface area contributed by atoms with Crippen LogP contribution < -0.4 is 5.32 Å². The van der Waals surface area contributed by atoms with Crippen molar-refractivity contribution in [3.05, 3.63) is 82.1 Å². The van der Waals surface area contributed by atoms with Crippen molar-refractivity contribution in [1.29, 1.82) is 0 Å². The molecule has 0 aliphatic carbocycles. The van der Waals surface area contributed by atoms with E-state index in [4.69, 9.17) is 11.6 Å². The van der Waals surface area contributed by atoms with Crippen LogP contribution in [-0.2, 0) is 0 Å². The number of anilines is 1. The molecular formula is C23H18ClN5OS. The lowest BCUT2D eigenvalue weighted by molar-refractivity contribution is 0.102. The number of para-hydroxylation sites is 2. The van der Waals surface area contributed by atoms with Gasteiger partial charge in [-0.15, -0.1) is 11.3 Å². The Morgan fingerprint density at radius 3 is 2.65 bits per heavy atom. The number of aromatic nitrogens is 4. The minimum Gasteiger partial charge on any atom is -0.358 e. The van der Waals surface area contributed by atoms with E-state index in [2.05, 4.69) is 26.4 Å². The first-order valence-electron chi connectivity index (χ1n) is 9.68. The molecule has 0 fully saturated rings. The summed E-state index contributed by atoms with van der Waals surface area (Å²) in [7, 11) is 0. The van der Waals surface area contributed by atoms with Gasteiger partial charge in [0.1, 0.15) is 10.7 Å². The molecule has 0 aliphatic heterocycles. The highest BCUT2D eigenvalue weighted by Crippen LogP contribution is 2.34. The van der Waals surface area contributed by atoms with Gasteiger partial charge < -0.3 is 4.98 Å². The maximum atomic E-state index is 13.0. The highest BCUT2D eigenvalue weighted by molar-refractivity contribution is 7.14. The van der Waals surface area contributed by atoms with Crippen molar-refractivity contribution in [3.63, 3.8) is 0 Å². The molecular weight excluding hydrogens is 430 g/mol. The van der Waals surface area contributed by atoms with Gasteiger partial charge in [0.2, 0.25) is 0 Å². The predicted octanol–water partition coefficient (Wildman–Crippen LogP) is 6.00. The molecule has 5 aromatic rings. The quantitative estimate of drug-likeness (QED) is 0.354. The molecule has 0 bridgehead atoms. The van der Waals surface area contributed by atoms with Crippen molar-refractivity contribution in [2.45, 2.75) is 13.8 Å². The van der Waals surface area contributed by atoms with E-state index in [9.17, 15) is 4.79 Å². The summed E-state index contributed by atoms with van der Waals surface area (Å²) in [4.78, 5) is 21.0. The Bertz CT molecular complexity index is 1420. The number of carbonyl (C=O) groups is 1. The lowest BCUT2D eigenvalue weighted by Gasteiger charge is -2.03. The van der Waals surface area contributed by atoms with Gasteiger partial charge in [-0.25, -0.2) is 9.67 Å². The number of amides is 1. The van der Waals surface area contributed by atoms with Gasteiger partial charge in [-0.05, 0) is 32.0 Å². The summed E-state index contributed by atoms with van der Waals surface area (Å²) >= 11 is 7.89. The molecule has 31 heavy (non-hydrogen) atoms. The smallest absolute Gasteiger partial charge is 0.262 e. The normalized spacial score (nSPS) is 11.2. The number of aromatic amines is 1. The number of halogens is 1. The monoisotopic (exact) mass is 447 g/mol. The lowest BCUT2D eigenvalue weighted by Crippen LogP contribution is -2.13. The number of carbonyl (C=O) groups excluding carboxylic acids is 1. The van der Waals surface area contributed by atoms with Crippen LogP contribution in [0.3, 0.4) is 0 Å². The molecule has 0 saturated heterocycles. The van der Waals surface area contributed by atoms with Crippen molar-refractivity contribution in [2.24, 2.45) is 0 Å². The van der Waals surface area contributed by atoms with Crippen LogP contribution in [0, 0.1) is 13.8 Å². The van der Waals surface area contributed by atoms with Crippen LogP contribution in [0.15, 0.2) is 60.0 Å². The molecule has 0 atom stereocenters. The van der Waals surface area contributed by atoms with Crippen molar-refractivity contribution < 1.29 is 4.79 Å². The SMILES string of the molecule is Cc1nn(-c2ccccc2)c(Cl)c1C(=O)Nc1nc(-c2c(C)[nH]c3ccccc23)cs1. The van der Waals surface area contributed by atoms with Crippen LogP contribution in [0.2, 0.25) is 5.15 Å². The highest BCUT2D eigenvalue weighted by Gasteiger charge is 2.22. The number of hydrogen-bond acceptors (Lipinski definition) is 4. The number of rotatable bonds is 4. The number of nitrogens with one attached hydrogen (secondary N) is 2. The minimum absolute atomic E-state index is 0.269. The maximum absolute atomic E-state index is 13.0. The number of benzene rings is 2. The summed E-state index contributed by atoms with van der Waals surface area (Å²) < 4.78 is 1.56. The number of fused-ring (bicyclic) bond motifs is 1. The van der Waals surface area contributed by atoms with E-state index in [1.54, 1.807) is 11.6 Å². The third-order valence-electron chi connectivity index (χ3n) is 5.11. The van der Waals surface area contributed by atoms with E-state index in [0.717, 1.165) is 33.5 Å². The Labute approximate surface area is 187 Å². The first kappa shape index (κ1) is 19.5. The third kappa shape index (κ3) is 3.41. The molecule has 3 heterocycles. The van der Waals surface area contributed by atoms with Crippen LogP contribution in [-0.4, -0.2) is 25.7 Å². The summed E-state index contributed by atoms with van der Waals surface area (Å²) in [6, 6.07) is 17.6. The Hall–Kier alpha value is -3.42. The standard InChI is InChI=1S/C23H18ClN5OS/c1-13-19(16-10-6-7-11-17(16)25-13)18-12-31-23(26-18)27-22(30)20-14(2)28-29(21(20)24)15-8-4-3-5-9-15/h3-12,25H,1-2H3,(H,26,27,30). The summed E-state index contributed by atoms with van der Waals surface area (Å²) in [5.41, 5.74) is 5.63. The van der Waals surface area contributed by atoms with Gasteiger partial charge in [0.05, 0.1) is 17.1 Å². The molecule has 6 nitrogen and oxygen atoms in total. The number of aryl methyl sites for hydroxylation is 2. The Morgan fingerprint density at radius 2 is 1.84 bits per heavy atom. The van der Waals surface area contributed by atoms with Crippen LogP contribution in [0.25, 0.3) is 27.8 Å². The molecule has 0 saturated carbocycles. The largest absolute Gasteiger partial charge is 0.358 e. The number of H-pyrrole nitrogens is 1. The molecule has 0 aliphatic rings. The molecule has 5 rings (SSSR count). The first-order chi connectivity index (χ1) is 15.0.